The molecule has 0 bridgehead atoms. The van der Waals surface area contributed by atoms with E-state index in [1.165, 1.54) is 0 Å². The van der Waals surface area contributed by atoms with E-state index in [0.717, 1.165) is 16.8 Å². The highest BCUT2D eigenvalue weighted by Gasteiger charge is 2.13. The number of nitriles is 1. The van der Waals surface area contributed by atoms with Crippen LogP contribution in [0.2, 0.25) is 0 Å². The van der Waals surface area contributed by atoms with E-state index in [1.807, 2.05) is 49.4 Å². The Bertz CT molecular complexity index is 674. The third-order valence-electron chi connectivity index (χ3n) is 3.11. The summed E-state index contributed by atoms with van der Waals surface area (Å²) in [5.41, 5.74) is 3.35. The zero-order valence-electron chi connectivity index (χ0n) is 11.6. The van der Waals surface area contributed by atoms with Crippen molar-refractivity contribution in [1.82, 2.24) is 0 Å². The number of nitrogens with one attached hydrogen (secondary N) is 1. The first-order valence-electron chi connectivity index (χ1n) is 6.60. The highest BCUT2D eigenvalue weighted by molar-refractivity contribution is 9.09. The van der Waals surface area contributed by atoms with Crippen molar-refractivity contribution in [2.75, 3.05) is 5.32 Å². The molecule has 0 fully saturated rings. The lowest BCUT2D eigenvalue weighted by Gasteiger charge is -2.10. The van der Waals surface area contributed by atoms with Gasteiger partial charge in [0.05, 0.1) is 6.07 Å². The van der Waals surface area contributed by atoms with E-state index < -0.39 is 0 Å². The van der Waals surface area contributed by atoms with Gasteiger partial charge in [0.15, 0.2) is 0 Å². The van der Waals surface area contributed by atoms with Gasteiger partial charge in [-0.2, -0.15) is 5.26 Å². The molecule has 4 heteroatoms. The quantitative estimate of drug-likeness (QED) is 0.851. The molecule has 0 saturated carbocycles. The number of rotatable bonds is 4. The van der Waals surface area contributed by atoms with Crippen LogP contribution < -0.4 is 5.32 Å². The summed E-state index contributed by atoms with van der Waals surface area (Å²) in [6.07, 6.45) is 0.494. The molecule has 2 aromatic rings. The summed E-state index contributed by atoms with van der Waals surface area (Å²) in [5.74, 6) is -0.160. The van der Waals surface area contributed by atoms with Crippen LogP contribution in [0.5, 0.6) is 0 Å². The monoisotopic (exact) mass is 342 g/mol. The smallest absolute Gasteiger partial charge is 0.255 e. The van der Waals surface area contributed by atoms with Crippen LogP contribution in [0.25, 0.3) is 0 Å². The third kappa shape index (κ3) is 4.17. The number of carbonyl (C=O) groups is 1. The highest BCUT2D eigenvalue weighted by atomic mass is 79.9. The van der Waals surface area contributed by atoms with Crippen molar-refractivity contribution >= 4 is 27.5 Å². The summed E-state index contributed by atoms with van der Waals surface area (Å²) < 4.78 is 0. The van der Waals surface area contributed by atoms with Crippen LogP contribution in [0.4, 0.5) is 5.69 Å². The van der Waals surface area contributed by atoms with Crippen LogP contribution in [-0.2, 0) is 6.42 Å². The number of halogens is 1. The molecule has 0 spiro atoms. The van der Waals surface area contributed by atoms with Gasteiger partial charge >= 0.3 is 0 Å². The number of nitrogens with zero attached hydrogens (tertiary/aromatic N) is 1. The molecule has 1 atom stereocenters. The van der Waals surface area contributed by atoms with Crippen molar-refractivity contribution in [3.05, 3.63) is 65.2 Å². The number of hydrogen-bond acceptors (Lipinski definition) is 2. The maximum atomic E-state index is 12.4. The lowest BCUT2D eigenvalue weighted by atomic mass is 10.0. The largest absolute Gasteiger partial charge is 0.322 e. The summed E-state index contributed by atoms with van der Waals surface area (Å²) in [7, 11) is 0. The number of carbonyl (C=O) groups excluding carboxylic acids is 1. The number of alkyl halides is 1. The van der Waals surface area contributed by atoms with Gasteiger partial charge in [0, 0.05) is 11.3 Å². The Balaban J connectivity index is 2.19. The molecule has 3 nitrogen and oxygen atoms in total. The first-order valence-corrected chi connectivity index (χ1v) is 7.51. The normalized spacial score (nSPS) is 11.5. The van der Waals surface area contributed by atoms with Gasteiger partial charge in [0.1, 0.15) is 4.83 Å². The zero-order chi connectivity index (χ0) is 15.2. The predicted octanol–water partition coefficient (Wildman–Crippen LogP) is 4.08. The SMILES string of the molecule is Cc1ccc(NC(=O)c2ccccc2C[C@H](Br)C#N)cc1. The number of aryl methyl sites for hydroxylation is 1. The van der Waals surface area contributed by atoms with E-state index in [9.17, 15) is 4.79 Å². The fraction of sp³-hybridized carbons (Fsp3) is 0.176. The molecular formula is C17H15BrN2O. The van der Waals surface area contributed by atoms with E-state index in [2.05, 4.69) is 27.3 Å². The fourth-order valence-corrected chi connectivity index (χ4v) is 2.34. The van der Waals surface area contributed by atoms with Crippen molar-refractivity contribution < 1.29 is 4.79 Å². The molecule has 0 saturated heterocycles. The molecule has 1 amide bonds. The molecule has 0 aliphatic rings. The Kier molecular flexibility index (Phi) is 5.13. The number of hydrogen-bond donors (Lipinski definition) is 1. The number of benzene rings is 2. The van der Waals surface area contributed by atoms with Gasteiger partial charge in [-0.15, -0.1) is 0 Å². The predicted molar refractivity (Wildman–Crippen MR) is 87.6 cm³/mol. The highest BCUT2D eigenvalue weighted by Crippen LogP contribution is 2.17. The minimum absolute atomic E-state index is 0.160. The molecule has 21 heavy (non-hydrogen) atoms. The summed E-state index contributed by atoms with van der Waals surface area (Å²) in [5, 5.41) is 11.8. The maximum Gasteiger partial charge on any atom is 0.255 e. The van der Waals surface area contributed by atoms with Crippen LogP contribution in [0.3, 0.4) is 0 Å². The molecule has 0 unspecified atom stereocenters. The van der Waals surface area contributed by atoms with Crippen molar-refractivity contribution in [3.63, 3.8) is 0 Å². The Morgan fingerprint density at radius 2 is 1.90 bits per heavy atom. The average Bonchev–Trinajstić information content (AvgIpc) is 2.50. The molecule has 0 aliphatic heterocycles. The lowest BCUT2D eigenvalue weighted by molar-refractivity contribution is 0.102. The van der Waals surface area contributed by atoms with Crippen LogP contribution >= 0.6 is 15.9 Å². The Morgan fingerprint density at radius 1 is 1.24 bits per heavy atom. The molecule has 0 aliphatic carbocycles. The molecule has 1 N–H and O–H groups in total. The molecule has 0 radical (unpaired) electrons. The standard InChI is InChI=1S/C17H15BrN2O/c1-12-6-8-15(9-7-12)20-17(21)16-5-3-2-4-13(16)10-14(18)11-19/h2-9,14H,10H2,1H3,(H,20,21)/t14-/m0/s1. The van der Waals surface area contributed by atoms with Gasteiger partial charge in [0.25, 0.3) is 5.91 Å². The summed E-state index contributed by atoms with van der Waals surface area (Å²) in [6, 6.07) is 17.1. The maximum absolute atomic E-state index is 12.4. The molecule has 0 heterocycles. The first-order chi connectivity index (χ1) is 10.1. The fourth-order valence-electron chi connectivity index (χ4n) is 1.99. The molecule has 106 valence electrons. The molecule has 0 aromatic heterocycles. The van der Waals surface area contributed by atoms with Crippen molar-refractivity contribution in [2.45, 2.75) is 18.2 Å². The van der Waals surface area contributed by atoms with Crippen LogP contribution in [-0.4, -0.2) is 10.7 Å². The Hall–Kier alpha value is -2.12. The Labute approximate surface area is 132 Å². The molecule has 2 rings (SSSR count). The average molecular weight is 343 g/mol. The minimum atomic E-state index is -0.300. The summed E-state index contributed by atoms with van der Waals surface area (Å²) in [4.78, 5) is 12.1. The second kappa shape index (κ2) is 7.05. The van der Waals surface area contributed by atoms with Crippen molar-refractivity contribution in [1.29, 1.82) is 5.26 Å². The minimum Gasteiger partial charge on any atom is -0.322 e. The van der Waals surface area contributed by atoms with E-state index in [4.69, 9.17) is 5.26 Å². The van der Waals surface area contributed by atoms with Gasteiger partial charge in [-0.3, -0.25) is 4.79 Å². The van der Waals surface area contributed by atoms with Gasteiger partial charge in [0.2, 0.25) is 0 Å². The van der Waals surface area contributed by atoms with E-state index in [1.54, 1.807) is 6.07 Å². The van der Waals surface area contributed by atoms with E-state index in [-0.39, 0.29) is 10.7 Å². The Morgan fingerprint density at radius 3 is 2.57 bits per heavy atom. The second-order valence-corrected chi connectivity index (χ2v) is 5.88. The van der Waals surface area contributed by atoms with Crippen LogP contribution in [0.1, 0.15) is 21.5 Å². The van der Waals surface area contributed by atoms with E-state index in [0.29, 0.717) is 12.0 Å². The third-order valence-corrected chi connectivity index (χ3v) is 3.64. The van der Waals surface area contributed by atoms with Crippen LogP contribution in [0, 0.1) is 18.3 Å². The molecular weight excluding hydrogens is 328 g/mol. The number of anilines is 1. The summed E-state index contributed by atoms with van der Waals surface area (Å²) in [6.45, 7) is 2.00. The van der Waals surface area contributed by atoms with E-state index >= 15 is 0 Å². The van der Waals surface area contributed by atoms with Gasteiger partial charge in [-0.25, -0.2) is 0 Å². The van der Waals surface area contributed by atoms with Gasteiger partial charge < -0.3 is 5.32 Å². The summed E-state index contributed by atoms with van der Waals surface area (Å²) >= 11 is 3.28. The van der Waals surface area contributed by atoms with Gasteiger partial charge in [-0.05, 0) is 37.1 Å². The van der Waals surface area contributed by atoms with Gasteiger partial charge in [-0.1, -0.05) is 51.8 Å². The van der Waals surface area contributed by atoms with Crippen LogP contribution in [0.15, 0.2) is 48.5 Å². The molecule has 2 aromatic carbocycles. The van der Waals surface area contributed by atoms with Crippen molar-refractivity contribution in [2.24, 2.45) is 0 Å². The topological polar surface area (TPSA) is 52.9 Å². The lowest BCUT2D eigenvalue weighted by Crippen LogP contribution is -2.15. The number of amides is 1. The zero-order valence-corrected chi connectivity index (χ0v) is 13.2. The van der Waals surface area contributed by atoms with Crippen molar-refractivity contribution in [3.8, 4) is 6.07 Å². The second-order valence-electron chi connectivity index (χ2n) is 4.78. The first kappa shape index (κ1) is 15.3.